The summed E-state index contributed by atoms with van der Waals surface area (Å²) in [7, 11) is 5.67. The Labute approximate surface area is 103 Å². The number of imidazole rings is 1. The number of methoxy groups -OCH3 is 1. The summed E-state index contributed by atoms with van der Waals surface area (Å²) >= 11 is 0. The zero-order valence-electron chi connectivity index (χ0n) is 11.0. The molecular formula is C12H23N3O2. The summed E-state index contributed by atoms with van der Waals surface area (Å²) in [5.41, 5.74) is 0. The number of likely N-dealkylation sites (N-methyl/N-ethyl adjacent to an activating group) is 1. The van der Waals surface area contributed by atoms with Gasteiger partial charge in [-0.3, -0.25) is 0 Å². The van der Waals surface area contributed by atoms with Gasteiger partial charge >= 0.3 is 0 Å². The van der Waals surface area contributed by atoms with Crippen LogP contribution in [-0.4, -0.2) is 49.6 Å². The third-order valence-electron chi connectivity index (χ3n) is 2.80. The lowest BCUT2D eigenvalue weighted by molar-refractivity contribution is 0.0660. The van der Waals surface area contributed by atoms with Crippen LogP contribution in [0.1, 0.15) is 12.2 Å². The van der Waals surface area contributed by atoms with Crippen LogP contribution in [0.4, 0.5) is 0 Å². The average molecular weight is 241 g/mol. The van der Waals surface area contributed by atoms with E-state index in [4.69, 9.17) is 9.47 Å². The van der Waals surface area contributed by atoms with Gasteiger partial charge < -0.3 is 19.4 Å². The molecule has 1 heterocycles. The first-order chi connectivity index (χ1) is 8.27. The lowest BCUT2D eigenvalue weighted by atomic mass is 10.1. The molecule has 1 unspecified atom stereocenters. The molecular weight excluding hydrogens is 218 g/mol. The largest absolute Gasteiger partial charge is 0.382 e. The first-order valence-electron chi connectivity index (χ1n) is 5.98. The molecule has 98 valence electrons. The normalized spacial score (nSPS) is 12.9. The number of nitrogens with one attached hydrogen (secondary N) is 1. The molecule has 0 radical (unpaired) electrons. The lowest BCUT2D eigenvalue weighted by Gasteiger charge is -2.15. The van der Waals surface area contributed by atoms with Gasteiger partial charge in [0.05, 0.1) is 13.2 Å². The fourth-order valence-corrected chi connectivity index (χ4v) is 1.63. The molecule has 1 rings (SSSR count). The fourth-order valence-electron chi connectivity index (χ4n) is 1.63. The van der Waals surface area contributed by atoms with Crippen LogP contribution in [0.5, 0.6) is 0 Å². The Balaban J connectivity index is 2.22. The van der Waals surface area contributed by atoms with Crippen molar-refractivity contribution < 1.29 is 9.47 Å². The molecule has 0 aliphatic carbocycles. The molecule has 1 aromatic heterocycles. The van der Waals surface area contributed by atoms with Crippen LogP contribution in [-0.2, 0) is 22.9 Å². The summed E-state index contributed by atoms with van der Waals surface area (Å²) in [6.07, 6.45) is 5.70. The lowest BCUT2D eigenvalue weighted by Crippen LogP contribution is -2.30. The fraction of sp³-hybridized carbons (Fsp3) is 0.750. The van der Waals surface area contributed by atoms with E-state index in [9.17, 15) is 0 Å². The number of aromatic nitrogens is 2. The van der Waals surface area contributed by atoms with Crippen molar-refractivity contribution in [1.29, 1.82) is 0 Å². The van der Waals surface area contributed by atoms with Crippen LogP contribution < -0.4 is 5.32 Å². The van der Waals surface area contributed by atoms with E-state index in [1.165, 1.54) is 0 Å². The van der Waals surface area contributed by atoms with Gasteiger partial charge in [0, 0.05) is 45.6 Å². The Kier molecular flexibility index (Phi) is 6.84. The average Bonchev–Trinajstić information content (AvgIpc) is 2.73. The topological polar surface area (TPSA) is 48.3 Å². The van der Waals surface area contributed by atoms with Crippen LogP contribution in [0.25, 0.3) is 0 Å². The summed E-state index contributed by atoms with van der Waals surface area (Å²) in [5.74, 6) is 1.10. The van der Waals surface area contributed by atoms with Crippen molar-refractivity contribution in [3.63, 3.8) is 0 Å². The predicted molar refractivity (Wildman–Crippen MR) is 67.1 cm³/mol. The third kappa shape index (κ3) is 5.30. The zero-order chi connectivity index (χ0) is 12.5. The van der Waals surface area contributed by atoms with Crippen molar-refractivity contribution >= 4 is 0 Å². The van der Waals surface area contributed by atoms with Gasteiger partial charge in [-0.2, -0.15) is 0 Å². The number of ether oxygens (including phenoxy) is 2. The second-order valence-corrected chi connectivity index (χ2v) is 4.04. The van der Waals surface area contributed by atoms with Crippen LogP contribution in [0, 0.1) is 0 Å². The van der Waals surface area contributed by atoms with Crippen LogP contribution in [0.3, 0.4) is 0 Å². The Morgan fingerprint density at radius 1 is 1.41 bits per heavy atom. The first-order valence-corrected chi connectivity index (χ1v) is 5.98. The van der Waals surface area contributed by atoms with Gasteiger partial charge in [0.15, 0.2) is 0 Å². The maximum absolute atomic E-state index is 5.46. The molecule has 0 aliphatic rings. The van der Waals surface area contributed by atoms with Crippen molar-refractivity contribution in [1.82, 2.24) is 14.9 Å². The molecule has 0 fully saturated rings. The minimum absolute atomic E-state index is 0.402. The maximum Gasteiger partial charge on any atom is 0.109 e. The van der Waals surface area contributed by atoms with Crippen LogP contribution >= 0.6 is 0 Å². The van der Waals surface area contributed by atoms with Gasteiger partial charge in [0.2, 0.25) is 0 Å². The summed E-state index contributed by atoms with van der Waals surface area (Å²) in [6, 6.07) is 0.402. The predicted octanol–water partition coefficient (Wildman–Crippen LogP) is 0.604. The van der Waals surface area contributed by atoms with E-state index in [0.717, 1.165) is 25.3 Å². The molecule has 0 bridgehead atoms. The highest BCUT2D eigenvalue weighted by molar-refractivity contribution is 4.94. The van der Waals surface area contributed by atoms with Gasteiger partial charge in [-0.05, 0) is 13.5 Å². The number of rotatable bonds is 9. The highest BCUT2D eigenvalue weighted by atomic mass is 16.5. The van der Waals surface area contributed by atoms with Gasteiger partial charge in [0.25, 0.3) is 0 Å². The number of hydrogen-bond acceptors (Lipinski definition) is 4. The minimum atomic E-state index is 0.402. The standard InChI is InChI=1S/C12H23N3O2/c1-13-11(4-7-17-9-8-16-3)10-12-14-5-6-15(12)2/h5-6,11,13H,4,7-10H2,1-3H3. The second kappa shape index (κ2) is 8.22. The molecule has 0 aliphatic heterocycles. The molecule has 0 saturated carbocycles. The van der Waals surface area contributed by atoms with E-state index in [1.807, 2.05) is 26.5 Å². The molecule has 0 aromatic carbocycles. The molecule has 0 saturated heterocycles. The van der Waals surface area contributed by atoms with E-state index in [2.05, 4.69) is 14.9 Å². The molecule has 0 amide bonds. The number of aryl methyl sites for hydroxylation is 1. The van der Waals surface area contributed by atoms with Gasteiger partial charge in [-0.1, -0.05) is 0 Å². The maximum atomic E-state index is 5.46. The molecule has 17 heavy (non-hydrogen) atoms. The minimum Gasteiger partial charge on any atom is -0.382 e. The van der Waals surface area contributed by atoms with Crippen molar-refractivity contribution in [2.45, 2.75) is 18.9 Å². The zero-order valence-corrected chi connectivity index (χ0v) is 11.0. The monoisotopic (exact) mass is 241 g/mol. The molecule has 1 atom stereocenters. The highest BCUT2D eigenvalue weighted by Crippen LogP contribution is 2.03. The van der Waals surface area contributed by atoms with Gasteiger partial charge in [-0.15, -0.1) is 0 Å². The van der Waals surface area contributed by atoms with Crippen molar-refractivity contribution in [3.05, 3.63) is 18.2 Å². The van der Waals surface area contributed by atoms with Crippen molar-refractivity contribution in [2.75, 3.05) is 34.0 Å². The van der Waals surface area contributed by atoms with Crippen molar-refractivity contribution in [3.8, 4) is 0 Å². The number of nitrogens with zero attached hydrogens (tertiary/aromatic N) is 2. The SMILES string of the molecule is CNC(CCOCCOC)Cc1nccn1C. The smallest absolute Gasteiger partial charge is 0.109 e. The summed E-state index contributed by atoms with van der Waals surface area (Å²) in [5, 5.41) is 3.29. The molecule has 0 spiro atoms. The molecule has 1 N–H and O–H groups in total. The summed E-state index contributed by atoms with van der Waals surface area (Å²) in [4.78, 5) is 4.32. The summed E-state index contributed by atoms with van der Waals surface area (Å²) in [6.45, 7) is 2.07. The van der Waals surface area contributed by atoms with E-state index in [1.54, 1.807) is 7.11 Å². The van der Waals surface area contributed by atoms with E-state index in [0.29, 0.717) is 19.3 Å². The Hall–Kier alpha value is -0.910. The second-order valence-electron chi connectivity index (χ2n) is 4.04. The Morgan fingerprint density at radius 2 is 2.24 bits per heavy atom. The Bertz CT molecular complexity index is 302. The molecule has 5 heteroatoms. The van der Waals surface area contributed by atoms with Crippen LogP contribution in [0.2, 0.25) is 0 Å². The Morgan fingerprint density at radius 3 is 2.82 bits per heavy atom. The highest BCUT2D eigenvalue weighted by Gasteiger charge is 2.10. The summed E-state index contributed by atoms with van der Waals surface area (Å²) < 4.78 is 12.4. The quantitative estimate of drug-likeness (QED) is 0.643. The van der Waals surface area contributed by atoms with Crippen molar-refractivity contribution in [2.24, 2.45) is 7.05 Å². The van der Waals surface area contributed by atoms with E-state index >= 15 is 0 Å². The van der Waals surface area contributed by atoms with Gasteiger partial charge in [0.1, 0.15) is 5.82 Å². The number of hydrogen-bond donors (Lipinski definition) is 1. The van der Waals surface area contributed by atoms with E-state index in [-0.39, 0.29) is 0 Å². The molecule has 5 nitrogen and oxygen atoms in total. The first kappa shape index (κ1) is 14.2. The van der Waals surface area contributed by atoms with E-state index < -0.39 is 0 Å². The van der Waals surface area contributed by atoms with Crippen LogP contribution in [0.15, 0.2) is 12.4 Å². The van der Waals surface area contributed by atoms with Gasteiger partial charge in [-0.25, -0.2) is 4.98 Å². The molecule has 1 aromatic rings. The third-order valence-corrected chi connectivity index (χ3v) is 2.80.